The van der Waals surface area contributed by atoms with E-state index in [1.807, 2.05) is 13.8 Å². The third-order valence-electron chi connectivity index (χ3n) is 3.72. The van der Waals surface area contributed by atoms with Gasteiger partial charge in [0.15, 0.2) is 0 Å². The normalized spacial score (nSPS) is 13.4. The fourth-order valence-corrected chi connectivity index (χ4v) is 3.46. The number of aryl methyl sites for hydroxylation is 2. The molecule has 1 aromatic heterocycles. The monoisotopic (exact) mass is 303 g/mol. The van der Waals surface area contributed by atoms with Crippen molar-refractivity contribution >= 4 is 11.3 Å². The Labute approximate surface area is 131 Å². The van der Waals surface area contributed by atoms with Crippen LogP contribution in [0.4, 0.5) is 0 Å². The van der Waals surface area contributed by atoms with Crippen LogP contribution in [0.15, 0.2) is 24.3 Å². The Morgan fingerprint density at radius 2 is 1.81 bits per heavy atom. The molecule has 0 spiro atoms. The number of aromatic nitrogens is 1. The van der Waals surface area contributed by atoms with Crippen LogP contribution in [0.5, 0.6) is 0 Å². The van der Waals surface area contributed by atoms with Crippen molar-refractivity contribution in [2.45, 2.75) is 52.5 Å². The highest BCUT2D eigenvalue weighted by molar-refractivity contribution is 7.11. The third-order valence-corrected chi connectivity index (χ3v) is 4.90. The molecule has 2 rings (SSSR count). The maximum absolute atomic E-state index is 5.76. The molecule has 2 aromatic rings. The lowest BCUT2D eigenvalue weighted by Crippen LogP contribution is -2.29. The zero-order valence-corrected chi connectivity index (χ0v) is 14.3. The van der Waals surface area contributed by atoms with Gasteiger partial charge in [-0.25, -0.2) is 4.98 Å². The molecule has 4 heteroatoms. The van der Waals surface area contributed by atoms with Crippen molar-refractivity contribution < 1.29 is 0 Å². The number of benzene rings is 1. The van der Waals surface area contributed by atoms with Crippen molar-refractivity contribution in [3.63, 3.8) is 0 Å². The molecule has 0 saturated heterocycles. The first-order chi connectivity index (χ1) is 9.81. The average molecular weight is 303 g/mol. The second kappa shape index (κ2) is 6.26. The van der Waals surface area contributed by atoms with E-state index in [-0.39, 0.29) is 11.5 Å². The number of thiazole rings is 1. The fourth-order valence-electron chi connectivity index (χ4n) is 2.47. The van der Waals surface area contributed by atoms with Gasteiger partial charge in [-0.3, -0.25) is 11.3 Å². The van der Waals surface area contributed by atoms with E-state index in [4.69, 9.17) is 5.84 Å². The summed E-state index contributed by atoms with van der Waals surface area (Å²) < 4.78 is 0. The predicted molar refractivity (Wildman–Crippen MR) is 90.5 cm³/mol. The van der Waals surface area contributed by atoms with Gasteiger partial charge in [-0.2, -0.15) is 0 Å². The first kappa shape index (κ1) is 16.1. The highest BCUT2D eigenvalue weighted by Gasteiger charge is 2.18. The number of hydrogen-bond acceptors (Lipinski definition) is 4. The van der Waals surface area contributed by atoms with Crippen molar-refractivity contribution in [2.75, 3.05) is 0 Å². The van der Waals surface area contributed by atoms with Crippen molar-refractivity contribution in [1.82, 2.24) is 10.4 Å². The van der Waals surface area contributed by atoms with Gasteiger partial charge in [0.2, 0.25) is 0 Å². The molecule has 1 unspecified atom stereocenters. The van der Waals surface area contributed by atoms with E-state index in [0.29, 0.717) is 0 Å². The summed E-state index contributed by atoms with van der Waals surface area (Å²) in [7, 11) is 0. The van der Waals surface area contributed by atoms with Crippen LogP contribution < -0.4 is 11.3 Å². The van der Waals surface area contributed by atoms with Crippen molar-refractivity contribution in [2.24, 2.45) is 5.84 Å². The van der Waals surface area contributed by atoms with Crippen LogP contribution in [0.3, 0.4) is 0 Å². The molecule has 21 heavy (non-hydrogen) atoms. The van der Waals surface area contributed by atoms with Gasteiger partial charge in [0.05, 0.1) is 16.7 Å². The minimum atomic E-state index is 0.122. The second-order valence-corrected chi connectivity index (χ2v) is 7.79. The SMILES string of the molecule is Cc1nc(C)c(C(Cc2ccc(C(C)(C)C)cc2)NN)s1. The second-order valence-electron chi connectivity index (χ2n) is 6.55. The summed E-state index contributed by atoms with van der Waals surface area (Å²) >= 11 is 1.72. The number of nitrogens with one attached hydrogen (secondary N) is 1. The molecule has 1 aromatic carbocycles. The maximum atomic E-state index is 5.76. The lowest BCUT2D eigenvalue weighted by atomic mass is 9.86. The average Bonchev–Trinajstić information content (AvgIpc) is 2.74. The molecule has 3 N–H and O–H groups in total. The van der Waals surface area contributed by atoms with E-state index in [0.717, 1.165) is 17.1 Å². The summed E-state index contributed by atoms with van der Waals surface area (Å²) in [5, 5.41) is 1.09. The Kier molecular flexibility index (Phi) is 4.81. The number of rotatable bonds is 4. The summed E-state index contributed by atoms with van der Waals surface area (Å²) in [6.07, 6.45) is 0.878. The quantitative estimate of drug-likeness (QED) is 0.667. The molecule has 0 amide bonds. The maximum Gasteiger partial charge on any atom is 0.0900 e. The minimum Gasteiger partial charge on any atom is -0.271 e. The number of nitrogens with two attached hydrogens (primary N) is 1. The molecule has 3 nitrogen and oxygen atoms in total. The van der Waals surface area contributed by atoms with E-state index in [2.05, 4.69) is 55.4 Å². The largest absolute Gasteiger partial charge is 0.271 e. The predicted octanol–water partition coefficient (Wildman–Crippen LogP) is 3.80. The lowest BCUT2D eigenvalue weighted by Gasteiger charge is -2.20. The molecule has 0 aliphatic heterocycles. The Morgan fingerprint density at radius 1 is 1.19 bits per heavy atom. The fraction of sp³-hybridized carbons (Fsp3) is 0.471. The molecule has 0 aliphatic carbocycles. The molecule has 114 valence electrons. The highest BCUT2D eigenvalue weighted by atomic mass is 32.1. The van der Waals surface area contributed by atoms with Gasteiger partial charge in [-0.05, 0) is 36.8 Å². The van der Waals surface area contributed by atoms with Crippen LogP contribution in [-0.4, -0.2) is 4.98 Å². The summed E-state index contributed by atoms with van der Waals surface area (Å²) in [6, 6.07) is 8.96. The Hall–Kier alpha value is -1.23. The van der Waals surface area contributed by atoms with Gasteiger partial charge >= 0.3 is 0 Å². The first-order valence-electron chi connectivity index (χ1n) is 7.30. The third kappa shape index (κ3) is 3.90. The van der Waals surface area contributed by atoms with Crippen LogP contribution in [0, 0.1) is 13.8 Å². The number of nitrogens with zero attached hydrogens (tertiary/aromatic N) is 1. The Morgan fingerprint density at radius 3 is 2.24 bits per heavy atom. The smallest absolute Gasteiger partial charge is 0.0900 e. The Bertz CT molecular complexity index is 593. The van der Waals surface area contributed by atoms with E-state index < -0.39 is 0 Å². The van der Waals surface area contributed by atoms with E-state index in [9.17, 15) is 0 Å². The summed E-state index contributed by atoms with van der Waals surface area (Å²) in [4.78, 5) is 5.72. The zero-order chi connectivity index (χ0) is 15.6. The topological polar surface area (TPSA) is 50.9 Å². The van der Waals surface area contributed by atoms with Gasteiger partial charge in [-0.1, -0.05) is 45.0 Å². The Balaban J connectivity index is 2.17. The molecule has 1 heterocycles. The van der Waals surface area contributed by atoms with E-state index in [1.54, 1.807) is 11.3 Å². The van der Waals surface area contributed by atoms with Crippen LogP contribution in [0.1, 0.15) is 53.5 Å². The number of hydrogen-bond donors (Lipinski definition) is 2. The van der Waals surface area contributed by atoms with Crippen molar-refractivity contribution in [3.05, 3.63) is 51.0 Å². The molecule has 0 saturated carbocycles. The van der Waals surface area contributed by atoms with Crippen LogP contribution in [0.25, 0.3) is 0 Å². The molecule has 0 bridgehead atoms. The van der Waals surface area contributed by atoms with Gasteiger partial charge in [0, 0.05) is 4.88 Å². The van der Waals surface area contributed by atoms with E-state index in [1.165, 1.54) is 16.0 Å². The molecular weight excluding hydrogens is 278 g/mol. The van der Waals surface area contributed by atoms with Gasteiger partial charge < -0.3 is 0 Å². The zero-order valence-electron chi connectivity index (χ0n) is 13.5. The lowest BCUT2D eigenvalue weighted by molar-refractivity contribution is 0.556. The molecule has 0 aliphatic rings. The highest BCUT2D eigenvalue weighted by Crippen LogP contribution is 2.28. The molecular formula is C17H25N3S. The van der Waals surface area contributed by atoms with Crippen molar-refractivity contribution in [3.8, 4) is 0 Å². The first-order valence-corrected chi connectivity index (χ1v) is 8.12. The summed E-state index contributed by atoms with van der Waals surface area (Å²) in [5.74, 6) is 5.76. The van der Waals surface area contributed by atoms with Gasteiger partial charge in [0.1, 0.15) is 0 Å². The van der Waals surface area contributed by atoms with Crippen LogP contribution in [-0.2, 0) is 11.8 Å². The molecule has 1 atom stereocenters. The van der Waals surface area contributed by atoms with Crippen LogP contribution in [0.2, 0.25) is 0 Å². The molecule has 0 radical (unpaired) electrons. The standard InChI is InChI=1S/C17H25N3S/c1-11-16(21-12(2)19-11)15(20-18)10-13-6-8-14(9-7-13)17(3,4)5/h6-9,15,20H,10,18H2,1-5H3. The van der Waals surface area contributed by atoms with Gasteiger partial charge in [-0.15, -0.1) is 11.3 Å². The van der Waals surface area contributed by atoms with Crippen molar-refractivity contribution in [1.29, 1.82) is 0 Å². The summed E-state index contributed by atoms with van der Waals surface area (Å²) in [6.45, 7) is 10.8. The van der Waals surface area contributed by atoms with Gasteiger partial charge in [0.25, 0.3) is 0 Å². The molecule has 0 fully saturated rings. The van der Waals surface area contributed by atoms with Crippen LogP contribution >= 0.6 is 11.3 Å². The minimum absolute atomic E-state index is 0.122. The summed E-state index contributed by atoms with van der Waals surface area (Å²) in [5.41, 5.74) is 6.85. The van der Waals surface area contributed by atoms with E-state index >= 15 is 0 Å². The number of hydrazine groups is 1.